The van der Waals surface area contributed by atoms with Crippen molar-refractivity contribution in [2.75, 3.05) is 19.3 Å². The van der Waals surface area contributed by atoms with E-state index < -0.39 is 0 Å². The molecule has 0 amide bonds. The van der Waals surface area contributed by atoms with E-state index in [1.54, 1.807) is 30.1 Å². The van der Waals surface area contributed by atoms with E-state index in [4.69, 9.17) is 0 Å². The molecule has 24 heavy (non-hydrogen) atoms. The molecular weight excluding hydrogens is 342 g/mol. The lowest BCUT2D eigenvalue weighted by molar-refractivity contribution is 0.753. The smallest absolute Gasteiger partial charge is 0.191 e. The van der Waals surface area contributed by atoms with E-state index >= 15 is 0 Å². The molecule has 3 heterocycles. The van der Waals surface area contributed by atoms with Crippen molar-refractivity contribution in [2.45, 2.75) is 17.3 Å². The molecule has 3 aromatic heterocycles. The standard InChI is InChI=1S/C15H19N7S2/c1-16-14(17-6-4-9-23-15-18-7-10-24-15)19-11-13-21-20-12-5-2-3-8-22(12)13/h2-3,5,7-8,10H,4,6,9,11H2,1H3,(H2,16,17,19). The highest BCUT2D eigenvalue weighted by Gasteiger charge is 2.05. The van der Waals surface area contributed by atoms with Gasteiger partial charge in [-0.25, -0.2) is 4.98 Å². The number of thiazole rings is 1. The highest BCUT2D eigenvalue weighted by molar-refractivity contribution is 8.00. The number of aromatic nitrogens is 4. The molecule has 0 saturated heterocycles. The highest BCUT2D eigenvalue weighted by Crippen LogP contribution is 2.20. The van der Waals surface area contributed by atoms with Crippen LogP contribution in [0.25, 0.3) is 5.65 Å². The Morgan fingerprint density at radius 3 is 3.12 bits per heavy atom. The summed E-state index contributed by atoms with van der Waals surface area (Å²) in [5.41, 5.74) is 0.844. The lowest BCUT2D eigenvalue weighted by Gasteiger charge is -2.10. The molecule has 2 N–H and O–H groups in total. The Bertz CT molecular complexity index is 782. The van der Waals surface area contributed by atoms with Gasteiger partial charge in [0.1, 0.15) is 4.34 Å². The normalized spacial score (nSPS) is 11.8. The summed E-state index contributed by atoms with van der Waals surface area (Å²) < 4.78 is 3.08. The van der Waals surface area contributed by atoms with Crippen LogP contribution in [-0.4, -0.2) is 44.9 Å². The average Bonchev–Trinajstić information content (AvgIpc) is 3.27. The van der Waals surface area contributed by atoms with E-state index in [2.05, 4.69) is 30.8 Å². The number of fused-ring (bicyclic) bond motifs is 1. The monoisotopic (exact) mass is 361 g/mol. The number of hydrogen-bond acceptors (Lipinski definition) is 6. The first-order chi connectivity index (χ1) is 11.9. The third kappa shape index (κ3) is 4.45. The summed E-state index contributed by atoms with van der Waals surface area (Å²) in [5.74, 6) is 2.65. The van der Waals surface area contributed by atoms with Crippen molar-refractivity contribution < 1.29 is 0 Å². The van der Waals surface area contributed by atoms with E-state index in [0.717, 1.165) is 40.5 Å². The zero-order chi connectivity index (χ0) is 16.6. The molecule has 126 valence electrons. The maximum absolute atomic E-state index is 4.26. The minimum atomic E-state index is 0.568. The molecule has 0 fully saturated rings. The Balaban J connectivity index is 1.40. The summed E-state index contributed by atoms with van der Waals surface area (Å²) in [6.07, 6.45) is 4.84. The van der Waals surface area contributed by atoms with Gasteiger partial charge in [-0.15, -0.1) is 21.5 Å². The van der Waals surface area contributed by atoms with Crippen LogP contribution in [0.1, 0.15) is 12.2 Å². The van der Waals surface area contributed by atoms with Gasteiger partial charge < -0.3 is 10.6 Å². The van der Waals surface area contributed by atoms with Crippen molar-refractivity contribution in [2.24, 2.45) is 4.99 Å². The van der Waals surface area contributed by atoms with Gasteiger partial charge in [0, 0.05) is 37.1 Å². The van der Waals surface area contributed by atoms with Crippen LogP contribution in [0.5, 0.6) is 0 Å². The summed E-state index contributed by atoms with van der Waals surface area (Å²) in [6, 6.07) is 5.85. The fraction of sp³-hybridized carbons (Fsp3) is 0.333. The summed E-state index contributed by atoms with van der Waals surface area (Å²) in [4.78, 5) is 8.49. The second-order valence-corrected chi connectivity index (χ2v) is 7.13. The molecule has 0 aromatic carbocycles. The Morgan fingerprint density at radius 2 is 2.29 bits per heavy atom. The maximum Gasteiger partial charge on any atom is 0.191 e. The summed E-state index contributed by atoms with van der Waals surface area (Å²) in [5, 5.41) is 16.9. The van der Waals surface area contributed by atoms with Crippen LogP contribution >= 0.6 is 23.1 Å². The van der Waals surface area contributed by atoms with E-state index in [1.165, 1.54) is 0 Å². The summed E-state index contributed by atoms with van der Waals surface area (Å²) in [7, 11) is 1.77. The minimum absolute atomic E-state index is 0.568. The van der Waals surface area contributed by atoms with Gasteiger partial charge in [0.2, 0.25) is 0 Å². The van der Waals surface area contributed by atoms with Crippen LogP contribution in [0.2, 0.25) is 0 Å². The molecule has 0 aliphatic heterocycles. The van der Waals surface area contributed by atoms with Crippen molar-refractivity contribution in [3.05, 3.63) is 41.8 Å². The van der Waals surface area contributed by atoms with Crippen LogP contribution in [0.15, 0.2) is 45.3 Å². The van der Waals surface area contributed by atoms with Crippen molar-refractivity contribution in [1.82, 2.24) is 30.2 Å². The quantitative estimate of drug-likeness (QED) is 0.290. The fourth-order valence-electron chi connectivity index (χ4n) is 2.11. The van der Waals surface area contributed by atoms with E-state index in [0.29, 0.717) is 6.54 Å². The second kappa shape index (κ2) is 8.65. The summed E-state index contributed by atoms with van der Waals surface area (Å²) in [6.45, 7) is 1.43. The lowest BCUT2D eigenvalue weighted by atomic mass is 10.4. The fourth-order valence-corrected chi connectivity index (χ4v) is 3.76. The van der Waals surface area contributed by atoms with E-state index in [1.807, 2.05) is 40.4 Å². The van der Waals surface area contributed by atoms with Gasteiger partial charge in [0.15, 0.2) is 17.4 Å². The molecule has 7 nitrogen and oxygen atoms in total. The van der Waals surface area contributed by atoms with Crippen molar-refractivity contribution >= 4 is 34.7 Å². The lowest BCUT2D eigenvalue weighted by Crippen LogP contribution is -2.37. The van der Waals surface area contributed by atoms with Crippen molar-refractivity contribution in [3.8, 4) is 0 Å². The van der Waals surface area contributed by atoms with Crippen LogP contribution in [0.3, 0.4) is 0 Å². The highest BCUT2D eigenvalue weighted by atomic mass is 32.2. The van der Waals surface area contributed by atoms with Gasteiger partial charge in [-0.2, -0.15) is 0 Å². The van der Waals surface area contributed by atoms with Gasteiger partial charge >= 0.3 is 0 Å². The van der Waals surface area contributed by atoms with Crippen molar-refractivity contribution in [1.29, 1.82) is 0 Å². The van der Waals surface area contributed by atoms with E-state index in [-0.39, 0.29) is 0 Å². The van der Waals surface area contributed by atoms with Gasteiger partial charge in [-0.1, -0.05) is 17.8 Å². The average molecular weight is 362 g/mol. The third-order valence-electron chi connectivity index (χ3n) is 3.27. The predicted molar refractivity (Wildman–Crippen MR) is 98.6 cm³/mol. The number of hydrogen-bond donors (Lipinski definition) is 2. The van der Waals surface area contributed by atoms with Crippen LogP contribution < -0.4 is 10.6 Å². The molecule has 0 saturated carbocycles. The molecule has 3 aromatic rings. The van der Waals surface area contributed by atoms with E-state index in [9.17, 15) is 0 Å². The first kappa shape index (κ1) is 16.7. The number of guanidine groups is 1. The van der Waals surface area contributed by atoms with Gasteiger partial charge in [0.05, 0.1) is 6.54 Å². The second-order valence-electron chi connectivity index (χ2n) is 4.90. The summed E-state index contributed by atoms with van der Waals surface area (Å²) >= 11 is 3.46. The van der Waals surface area contributed by atoms with Crippen molar-refractivity contribution in [3.63, 3.8) is 0 Å². The SMILES string of the molecule is CN=C(NCCCSc1nccs1)NCc1nnc2ccccn12. The number of thioether (sulfide) groups is 1. The molecule has 9 heteroatoms. The van der Waals surface area contributed by atoms with Gasteiger partial charge in [-0.05, 0) is 18.6 Å². The maximum atomic E-state index is 4.26. The zero-order valence-corrected chi connectivity index (χ0v) is 15.0. The number of pyridine rings is 1. The predicted octanol–water partition coefficient (Wildman–Crippen LogP) is 2.03. The first-order valence-electron chi connectivity index (χ1n) is 7.62. The first-order valence-corrected chi connectivity index (χ1v) is 9.49. The molecule has 0 atom stereocenters. The Labute approximate surface area is 148 Å². The van der Waals surface area contributed by atoms with Gasteiger partial charge in [0.25, 0.3) is 0 Å². The minimum Gasteiger partial charge on any atom is -0.356 e. The molecule has 0 aliphatic carbocycles. The Kier molecular flexibility index (Phi) is 6.02. The molecule has 0 unspecified atom stereocenters. The van der Waals surface area contributed by atoms with Crippen LogP contribution in [-0.2, 0) is 6.54 Å². The van der Waals surface area contributed by atoms with Crippen LogP contribution in [0.4, 0.5) is 0 Å². The topological polar surface area (TPSA) is 79.5 Å². The number of aliphatic imine (C=N–C) groups is 1. The Hall–Kier alpha value is -2.13. The molecule has 0 radical (unpaired) electrons. The number of nitrogens with one attached hydrogen (secondary N) is 2. The largest absolute Gasteiger partial charge is 0.356 e. The number of rotatable bonds is 7. The van der Waals surface area contributed by atoms with Crippen LogP contribution in [0, 0.1) is 0 Å². The van der Waals surface area contributed by atoms with Gasteiger partial charge in [-0.3, -0.25) is 9.39 Å². The Morgan fingerprint density at radius 1 is 1.33 bits per heavy atom. The third-order valence-corrected chi connectivity index (χ3v) is 5.32. The zero-order valence-electron chi connectivity index (χ0n) is 13.3. The molecule has 0 aliphatic rings. The number of nitrogens with zero attached hydrogens (tertiary/aromatic N) is 5. The molecule has 0 spiro atoms. The molecular formula is C15H19N7S2. The molecule has 3 rings (SSSR count). The molecule has 0 bridgehead atoms.